The average Bonchev–Trinajstić information content (AvgIpc) is 2.52. The molecule has 1 saturated carbocycles. The van der Waals surface area contributed by atoms with Gasteiger partial charge in [0.1, 0.15) is 6.04 Å². The van der Waals surface area contributed by atoms with Gasteiger partial charge in [0.15, 0.2) is 0 Å². The molecule has 0 spiro atoms. The maximum atomic E-state index is 11.9. The molecule has 0 aliphatic heterocycles. The number of carbonyl (C=O) groups is 2. The highest BCUT2D eigenvalue weighted by Crippen LogP contribution is 2.29. The molecule has 0 aromatic heterocycles. The average molecular weight is 314 g/mol. The quantitative estimate of drug-likeness (QED) is 0.781. The normalized spacial score (nSPS) is 18.4. The summed E-state index contributed by atoms with van der Waals surface area (Å²) in [6.45, 7) is 2.65. The molecule has 1 aliphatic carbocycles. The summed E-state index contributed by atoms with van der Waals surface area (Å²) in [6.07, 6.45) is 5.74. The van der Waals surface area contributed by atoms with E-state index in [0.29, 0.717) is 18.4 Å². The first-order valence-electron chi connectivity index (χ1n) is 8.09. The molecule has 1 aliphatic rings. The molecule has 0 radical (unpaired) electrons. The topological polar surface area (TPSA) is 67.9 Å². The number of alkyl carbamates (subject to hydrolysis) is 1. The van der Waals surface area contributed by atoms with Crippen LogP contribution in [0.4, 0.5) is 4.79 Å². The molecule has 0 bridgehead atoms. The standard InChI is InChI=1S/C16H30N2O4/c1-12(13-8-6-5-7-9-13)10-22-16(20)17-14(11-21-4)15(19)18(2)3/h12-14H,5-11H2,1-4H3,(H,17,20). The Hall–Kier alpha value is -1.30. The van der Waals surface area contributed by atoms with Crippen molar-refractivity contribution < 1.29 is 19.1 Å². The summed E-state index contributed by atoms with van der Waals surface area (Å²) < 4.78 is 10.3. The Morgan fingerprint density at radius 2 is 1.82 bits per heavy atom. The van der Waals surface area contributed by atoms with Crippen molar-refractivity contribution >= 4 is 12.0 Å². The van der Waals surface area contributed by atoms with Crippen molar-refractivity contribution in [1.82, 2.24) is 10.2 Å². The molecule has 1 rings (SSSR count). The van der Waals surface area contributed by atoms with Gasteiger partial charge in [-0.15, -0.1) is 0 Å². The minimum Gasteiger partial charge on any atom is -0.449 e. The Labute approximate surface area is 133 Å². The van der Waals surface area contributed by atoms with Crippen molar-refractivity contribution in [1.29, 1.82) is 0 Å². The molecule has 0 aromatic rings. The molecule has 0 heterocycles. The fourth-order valence-corrected chi connectivity index (χ4v) is 2.88. The first-order valence-corrected chi connectivity index (χ1v) is 8.09. The molecule has 22 heavy (non-hydrogen) atoms. The molecule has 2 unspecified atom stereocenters. The lowest BCUT2D eigenvalue weighted by Crippen LogP contribution is -2.49. The van der Waals surface area contributed by atoms with Gasteiger partial charge < -0.3 is 19.7 Å². The van der Waals surface area contributed by atoms with Crippen LogP contribution in [0.25, 0.3) is 0 Å². The monoisotopic (exact) mass is 314 g/mol. The van der Waals surface area contributed by atoms with Crippen LogP contribution < -0.4 is 5.32 Å². The zero-order chi connectivity index (χ0) is 16.5. The first-order chi connectivity index (χ1) is 10.5. The van der Waals surface area contributed by atoms with E-state index >= 15 is 0 Å². The van der Waals surface area contributed by atoms with Crippen molar-refractivity contribution in [3.63, 3.8) is 0 Å². The molecule has 2 atom stereocenters. The van der Waals surface area contributed by atoms with Crippen LogP contribution in [0.1, 0.15) is 39.0 Å². The van der Waals surface area contributed by atoms with Crippen LogP contribution in [0, 0.1) is 11.8 Å². The summed E-state index contributed by atoms with van der Waals surface area (Å²) in [4.78, 5) is 25.2. The molecule has 0 saturated heterocycles. The number of methoxy groups -OCH3 is 1. The number of nitrogens with zero attached hydrogens (tertiary/aromatic N) is 1. The Kier molecular flexibility index (Phi) is 8.24. The Morgan fingerprint density at radius 1 is 1.18 bits per heavy atom. The number of hydrogen-bond acceptors (Lipinski definition) is 4. The van der Waals surface area contributed by atoms with Gasteiger partial charge in [0.2, 0.25) is 5.91 Å². The van der Waals surface area contributed by atoms with Gasteiger partial charge in [0, 0.05) is 21.2 Å². The number of nitrogens with one attached hydrogen (secondary N) is 1. The molecule has 6 nitrogen and oxygen atoms in total. The fourth-order valence-electron chi connectivity index (χ4n) is 2.88. The van der Waals surface area contributed by atoms with E-state index in [0.717, 1.165) is 0 Å². The van der Waals surface area contributed by atoms with E-state index in [2.05, 4.69) is 12.2 Å². The van der Waals surface area contributed by atoms with Crippen LogP contribution in [0.3, 0.4) is 0 Å². The minimum absolute atomic E-state index is 0.129. The van der Waals surface area contributed by atoms with Crippen LogP contribution in [-0.2, 0) is 14.3 Å². The molecule has 128 valence electrons. The third kappa shape index (κ3) is 6.22. The van der Waals surface area contributed by atoms with Crippen molar-refractivity contribution in [3.8, 4) is 0 Å². The van der Waals surface area contributed by atoms with Crippen molar-refractivity contribution in [2.45, 2.75) is 45.1 Å². The van der Waals surface area contributed by atoms with Gasteiger partial charge in [-0.1, -0.05) is 39.0 Å². The Morgan fingerprint density at radius 3 is 2.36 bits per heavy atom. The second-order valence-electron chi connectivity index (χ2n) is 6.36. The molecule has 6 heteroatoms. The largest absolute Gasteiger partial charge is 0.449 e. The van der Waals surface area contributed by atoms with E-state index in [4.69, 9.17) is 9.47 Å². The van der Waals surface area contributed by atoms with Gasteiger partial charge >= 0.3 is 6.09 Å². The summed E-state index contributed by atoms with van der Waals surface area (Å²) in [6, 6.07) is -0.711. The van der Waals surface area contributed by atoms with Gasteiger partial charge in [0.25, 0.3) is 0 Å². The van der Waals surface area contributed by atoms with Gasteiger partial charge in [-0.2, -0.15) is 0 Å². The first kappa shape index (κ1) is 18.7. The molecular weight excluding hydrogens is 284 g/mol. The van der Waals surface area contributed by atoms with Crippen molar-refractivity contribution in [3.05, 3.63) is 0 Å². The maximum absolute atomic E-state index is 11.9. The summed E-state index contributed by atoms with van der Waals surface area (Å²) in [7, 11) is 4.78. The molecular formula is C16H30N2O4. The van der Waals surface area contributed by atoms with E-state index in [1.807, 2.05) is 0 Å². The van der Waals surface area contributed by atoms with E-state index in [1.165, 1.54) is 44.1 Å². The van der Waals surface area contributed by atoms with Crippen LogP contribution in [-0.4, -0.2) is 57.4 Å². The van der Waals surface area contributed by atoms with Gasteiger partial charge in [-0.3, -0.25) is 4.79 Å². The van der Waals surface area contributed by atoms with Crippen molar-refractivity contribution in [2.24, 2.45) is 11.8 Å². The number of ether oxygens (including phenoxy) is 2. The zero-order valence-electron chi connectivity index (χ0n) is 14.3. The Bertz CT molecular complexity index is 354. The number of rotatable bonds is 7. The maximum Gasteiger partial charge on any atom is 0.407 e. The lowest BCUT2D eigenvalue weighted by molar-refractivity contribution is -0.132. The van der Waals surface area contributed by atoms with Gasteiger partial charge in [-0.25, -0.2) is 4.79 Å². The summed E-state index contributed by atoms with van der Waals surface area (Å²) in [5, 5.41) is 2.58. The lowest BCUT2D eigenvalue weighted by atomic mass is 9.81. The molecule has 1 N–H and O–H groups in total. The highest BCUT2D eigenvalue weighted by Gasteiger charge is 2.25. The van der Waals surface area contributed by atoms with Crippen LogP contribution in [0.2, 0.25) is 0 Å². The van der Waals surface area contributed by atoms with E-state index in [-0.39, 0.29) is 12.5 Å². The number of amides is 2. The Balaban J connectivity index is 2.37. The van der Waals surface area contributed by atoms with E-state index in [1.54, 1.807) is 14.1 Å². The predicted octanol–water partition coefficient (Wildman–Crippen LogP) is 2.03. The van der Waals surface area contributed by atoms with Crippen LogP contribution in [0.15, 0.2) is 0 Å². The number of carbonyl (C=O) groups excluding carboxylic acids is 2. The second-order valence-corrected chi connectivity index (χ2v) is 6.36. The molecule has 1 fully saturated rings. The van der Waals surface area contributed by atoms with Gasteiger partial charge in [0.05, 0.1) is 13.2 Å². The van der Waals surface area contributed by atoms with Crippen molar-refractivity contribution in [2.75, 3.05) is 34.4 Å². The van der Waals surface area contributed by atoms with E-state index in [9.17, 15) is 9.59 Å². The van der Waals surface area contributed by atoms with Crippen LogP contribution in [0.5, 0.6) is 0 Å². The van der Waals surface area contributed by atoms with E-state index < -0.39 is 12.1 Å². The van der Waals surface area contributed by atoms with Crippen LogP contribution >= 0.6 is 0 Å². The molecule has 0 aromatic carbocycles. The number of hydrogen-bond donors (Lipinski definition) is 1. The van der Waals surface area contributed by atoms with Gasteiger partial charge in [-0.05, 0) is 11.8 Å². The smallest absolute Gasteiger partial charge is 0.407 e. The summed E-state index contributed by atoms with van der Waals surface area (Å²) in [5.41, 5.74) is 0. The lowest BCUT2D eigenvalue weighted by Gasteiger charge is -2.27. The summed E-state index contributed by atoms with van der Waals surface area (Å²) >= 11 is 0. The minimum atomic E-state index is -0.711. The third-order valence-corrected chi connectivity index (χ3v) is 4.30. The summed E-state index contributed by atoms with van der Waals surface area (Å²) in [5.74, 6) is 0.787. The number of likely N-dealkylation sites (N-methyl/N-ethyl adjacent to an activating group) is 1. The second kappa shape index (κ2) is 9.66. The zero-order valence-corrected chi connectivity index (χ0v) is 14.3. The third-order valence-electron chi connectivity index (χ3n) is 4.30. The fraction of sp³-hybridized carbons (Fsp3) is 0.875. The predicted molar refractivity (Wildman–Crippen MR) is 84.6 cm³/mol. The highest BCUT2D eigenvalue weighted by molar-refractivity contribution is 5.85. The highest BCUT2D eigenvalue weighted by atomic mass is 16.5. The SMILES string of the molecule is COCC(NC(=O)OCC(C)C1CCCCC1)C(=O)N(C)C. The molecule has 2 amide bonds.